The minimum Gasteiger partial charge on any atom is -0.481 e. The van der Waals surface area contributed by atoms with Crippen LogP contribution in [0.4, 0.5) is 0 Å². The first-order chi connectivity index (χ1) is 9.49. The molecular formula is C12H12N2O5S. The highest BCUT2D eigenvalue weighted by molar-refractivity contribution is 7.90. The third kappa shape index (κ3) is 2.06. The molecule has 1 aromatic rings. The van der Waals surface area contributed by atoms with Gasteiger partial charge in [-0.15, -0.1) is 0 Å². The van der Waals surface area contributed by atoms with Crippen molar-refractivity contribution in [2.24, 2.45) is 10.9 Å². The second-order valence-electron chi connectivity index (χ2n) is 4.63. The normalized spacial score (nSPS) is 29.1. The number of carbonyl (C=O) groups is 1. The van der Waals surface area contributed by atoms with Gasteiger partial charge in [-0.25, -0.2) is 8.42 Å². The van der Waals surface area contributed by atoms with Crippen LogP contribution in [0.1, 0.15) is 5.56 Å². The molecule has 0 radical (unpaired) electrons. The molecule has 2 heterocycles. The molecule has 0 saturated carbocycles. The molecule has 0 spiro atoms. The fourth-order valence-corrected chi connectivity index (χ4v) is 3.54. The number of aliphatic carboxylic acids is 1. The minimum absolute atomic E-state index is 0.0885. The summed E-state index contributed by atoms with van der Waals surface area (Å²) in [6.07, 6.45) is 0. The molecule has 0 amide bonds. The Kier molecular flexibility index (Phi) is 2.98. The van der Waals surface area contributed by atoms with Gasteiger partial charge in [0.2, 0.25) is 0 Å². The van der Waals surface area contributed by atoms with E-state index in [1.165, 1.54) is 6.07 Å². The molecule has 0 aliphatic carbocycles. The van der Waals surface area contributed by atoms with Crippen LogP contribution < -0.4 is 4.72 Å². The largest absolute Gasteiger partial charge is 0.481 e. The zero-order valence-corrected chi connectivity index (χ0v) is 11.1. The van der Waals surface area contributed by atoms with E-state index in [1.807, 2.05) is 0 Å². The van der Waals surface area contributed by atoms with Gasteiger partial charge >= 0.3 is 5.97 Å². The Hall–Kier alpha value is -1.93. The van der Waals surface area contributed by atoms with E-state index in [0.717, 1.165) is 0 Å². The lowest BCUT2D eigenvalue weighted by Gasteiger charge is -2.09. The third-order valence-corrected chi connectivity index (χ3v) is 4.72. The minimum atomic E-state index is -3.60. The number of benzene rings is 1. The van der Waals surface area contributed by atoms with Crippen molar-refractivity contribution in [1.82, 2.24) is 4.72 Å². The number of aliphatic imine (C=N–C) groups is 1. The number of hydrogen-bond acceptors (Lipinski definition) is 5. The quantitative estimate of drug-likeness (QED) is 0.788. The molecule has 20 heavy (non-hydrogen) atoms. The number of hydrogen-bond donors (Lipinski definition) is 2. The van der Waals surface area contributed by atoms with Gasteiger partial charge in [-0.3, -0.25) is 14.5 Å². The van der Waals surface area contributed by atoms with E-state index < -0.39 is 28.0 Å². The number of rotatable bonds is 2. The van der Waals surface area contributed by atoms with E-state index in [-0.39, 0.29) is 23.9 Å². The van der Waals surface area contributed by atoms with Crippen molar-refractivity contribution in [2.45, 2.75) is 10.9 Å². The summed E-state index contributed by atoms with van der Waals surface area (Å²) in [7, 11) is -3.60. The number of amidine groups is 1. The zero-order chi connectivity index (χ0) is 14.3. The molecule has 2 unspecified atom stereocenters. The second-order valence-corrected chi connectivity index (χ2v) is 6.28. The number of nitrogens with zero attached hydrogens (tertiary/aromatic N) is 1. The molecule has 2 N–H and O–H groups in total. The maximum Gasteiger partial charge on any atom is 0.311 e. The predicted molar refractivity (Wildman–Crippen MR) is 69.0 cm³/mol. The number of fused-ring (bicyclic) bond motifs is 1. The Bertz CT molecular complexity index is 698. The molecular weight excluding hydrogens is 284 g/mol. The van der Waals surface area contributed by atoms with Crippen molar-refractivity contribution in [1.29, 1.82) is 0 Å². The van der Waals surface area contributed by atoms with Crippen molar-refractivity contribution >= 4 is 21.8 Å². The molecule has 2 atom stereocenters. The van der Waals surface area contributed by atoms with E-state index in [4.69, 9.17) is 9.84 Å². The lowest BCUT2D eigenvalue weighted by atomic mass is 10.0. The number of carboxylic acid groups (broad SMARTS) is 1. The summed E-state index contributed by atoms with van der Waals surface area (Å²) in [6, 6.07) is 5.87. The van der Waals surface area contributed by atoms with Crippen LogP contribution in [0.15, 0.2) is 34.2 Å². The molecule has 1 fully saturated rings. The lowest BCUT2D eigenvalue weighted by Crippen LogP contribution is -2.29. The van der Waals surface area contributed by atoms with Crippen LogP contribution in [0, 0.1) is 5.92 Å². The van der Waals surface area contributed by atoms with Crippen LogP contribution in [-0.4, -0.2) is 44.6 Å². The van der Waals surface area contributed by atoms with Crippen LogP contribution in [0.25, 0.3) is 0 Å². The lowest BCUT2D eigenvalue weighted by molar-refractivity contribution is -0.141. The van der Waals surface area contributed by atoms with E-state index >= 15 is 0 Å². The van der Waals surface area contributed by atoms with Gasteiger partial charge in [-0.05, 0) is 12.1 Å². The maximum absolute atomic E-state index is 11.9. The van der Waals surface area contributed by atoms with Crippen molar-refractivity contribution in [3.8, 4) is 0 Å². The van der Waals surface area contributed by atoms with Crippen LogP contribution in [-0.2, 0) is 19.6 Å². The Morgan fingerprint density at radius 1 is 1.35 bits per heavy atom. The molecule has 3 rings (SSSR count). The fourth-order valence-electron chi connectivity index (χ4n) is 2.30. The van der Waals surface area contributed by atoms with E-state index in [2.05, 4.69) is 9.71 Å². The van der Waals surface area contributed by atoms with Gasteiger partial charge in [-0.2, -0.15) is 0 Å². The Labute approximate surface area is 115 Å². The number of ether oxygens (including phenoxy) is 1. The average molecular weight is 296 g/mol. The summed E-state index contributed by atoms with van der Waals surface area (Å²) >= 11 is 0. The maximum atomic E-state index is 11.9. The van der Waals surface area contributed by atoms with Crippen LogP contribution in [0.5, 0.6) is 0 Å². The smallest absolute Gasteiger partial charge is 0.311 e. The SMILES string of the molecule is O=C(O)C1COCC1N=C1NS(=O)(=O)c2ccccc21. The first kappa shape index (κ1) is 13.1. The highest BCUT2D eigenvalue weighted by atomic mass is 32.2. The van der Waals surface area contributed by atoms with E-state index in [9.17, 15) is 13.2 Å². The molecule has 106 valence electrons. The first-order valence-corrected chi connectivity index (χ1v) is 7.48. The first-order valence-electron chi connectivity index (χ1n) is 5.99. The highest BCUT2D eigenvalue weighted by Gasteiger charge is 2.37. The summed E-state index contributed by atoms with van der Waals surface area (Å²) in [5, 5.41) is 9.07. The van der Waals surface area contributed by atoms with Gasteiger partial charge in [0.25, 0.3) is 10.0 Å². The highest BCUT2D eigenvalue weighted by Crippen LogP contribution is 2.25. The number of carboxylic acids is 1. The van der Waals surface area contributed by atoms with Crippen LogP contribution in [0.2, 0.25) is 0 Å². The number of sulfonamides is 1. The summed E-state index contributed by atoms with van der Waals surface area (Å²) in [4.78, 5) is 15.5. The van der Waals surface area contributed by atoms with E-state index in [1.54, 1.807) is 18.2 Å². The van der Waals surface area contributed by atoms with E-state index in [0.29, 0.717) is 5.56 Å². The molecule has 0 bridgehead atoms. The molecule has 2 aliphatic rings. The van der Waals surface area contributed by atoms with Crippen molar-refractivity contribution in [2.75, 3.05) is 13.2 Å². The Balaban J connectivity index is 2.00. The molecule has 8 heteroatoms. The van der Waals surface area contributed by atoms with Crippen molar-refractivity contribution in [3.05, 3.63) is 29.8 Å². The molecule has 1 saturated heterocycles. The average Bonchev–Trinajstić information content (AvgIpc) is 2.95. The zero-order valence-electron chi connectivity index (χ0n) is 10.3. The molecule has 2 aliphatic heterocycles. The van der Waals surface area contributed by atoms with Crippen molar-refractivity contribution in [3.63, 3.8) is 0 Å². The van der Waals surface area contributed by atoms with Gasteiger partial charge in [0.15, 0.2) is 0 Å². The van der Waals surface area contributed by atoms with Gasteiger partial charge in [-0.1, -0.05) is 12.1 Å². The number of nitrogens with one attached hydrogen (secondary N) is 1. The Morgan fingerprint density at radius 2 is 2.10 bits per heavy atom. The monoisotopic (exact) mass is 296 g/mol. The van der Waals surface area contributed by atoms with Crippen molar-refractivity contribution < 1.29 is 23.1 Å². The summed E-state index contributed by atoms with van der Waals surface area (Å²) in [5.74, 6) is -1.56. The topological polar surface area (TPSA) is 105 Å². The summed E-state index contributed by atoms with van der Waals surface area (Å²) in [6.45, 7) is 0.259. The van der Waals surface area contributed by atoms with Gasteiger partial charge in [0.05, 0.1) is 24.2 Å². The Morgan fingerprint density at radius 3 is 2.85 bits per heavy atom. The second kappa shape index (κ2) is 4.57. The van der Waals surface area contributed by atoms with Gasteiger partial charge in [0, 0.05) is 5.56 Å². The third-order valence-electron chi connectivity index (χ3n) is 3.33. The van der Waals surface area contributed by atoms with Gasteiger partial charge in [0.1, 0.15) is 11.8 Å². The fraction of sp³-hybridized carbons (Fsp3) is 0.333. The standard InChI is InChI=1S/C12H12N2O5S/c15-12(16)8-5-19-6-9(8)13-11-7-3-1-2-4-10(7)20(17,18)14-11/h1-4,8-9H,5-6H2,(H,13,14)(H,15,16). The van der Waals surface area contributed by atoms with Crippen LogP contribution >= 0.6 is 0 Å². The van der Waals surface area contributed by atoms with Gasteiger partial charge < -0.3 is 9.84 Å². The summed E-state index contributed by atoms with van der Waals surface area (Å²) < 4.78 is 31.3. The van der Waals surface area contributed by atoms with Crippen LogP contribution in [0.3, 0.4) is 0 Å². The molecule has 7 nitrogen and oxygen atoms in total. The summed E-state index contributed by atoms with van der Waals surface area (Å²) in [5.41, 5.74) is 0.462. The molecule has 1 aromatic carbocycles. The molecule has 0 aromatic heterocycles. The predicted octanol–water partition coefficient (Wildman–Crippen LogP) is -0.175.